The molecule has 2 aliphatic heterocycles. The van der Waals surface area contributed by atoms with Gasteiger partial charge in [-0.25, -0.2) is 4.98 Å². The number of anilines is 1. The number of benzene rings is 1. The Bertz CT molecular complexity index is 617. The van der Waals surface area contributed by atoms with Crippen LogP contribution in [0.3, 0.4) is 0 Å². The van der Waals surface area contributed by atoms with Gasteiger partial charge < -0.3 is 10.2 Å². The van der Waals surface area contributed by atoms with Crippen LogP contribution in [0.5, 0.6) is 0 Å². The number of aryl methyl sites for hydroxylation is 1. The molecule has 1 N–H and O–H groups in total. The molecule has 3 heterocycles. The van der Waals surface area contributed by atoms with Gasteiger partial charge in [0.1, 0.15) is 5.82 Å². The highest BCUT2D eigenvalue weighted by molar-refractivity contribution is 5.82. The predicted octanol–water partition coefficient (Wildman–Crippen LogP) is 2.60. The van der Waals surface area contributed by atoms with Gasteiger partial charge in [-0.3, -0.25) is 0 Å². The van der Waals surface area contributed by atoms with Gasteiger partial charge in [0.15, 0.2) is 0 Å². The molecule has 3 nitrogen and oxygen atoms in total. The molecular formula is C17H21N3. The summed E-state index contributed by atoms with van der Waals surface area (Å²) < 4.78 is 0. The second-order valence-corrected chi connectivity index (χ2v) is 6.07. The van der Waals surface area contributed by atoms with E-state index in [0.717, 1.165) is 24.5 Å². The van der Waals surface area contributed by atoms with Crippen LogP contribution in [0.4, 0.5) is 5.82 Å². The van der Waals surface area contributed by atoms with E-state index in [9.17, 15) is 0 Å². The summed E-state index contributed by atoms with van der Waals surface area (Å²) in [4.78, 5) is 7.46. The van der Waals surface area contributed by atoms with Crippen molar-refractivity contribution in [2.24, 2.45) is 5.92 Å². The van der Waals surface area contributed by atoms with E-state index < -0.39 is 0 Å². The monoisotopic (exact) mass is 267 g/mol. The summed E-state index contributed by atoms with van der Waals surface area (Å²) in [6.45, 7) is 4.66. The average Bonchev–Trinajstić information content (AvgIpc) is 2.99. The van der Waals surface area contributed by atoms with E-state index in [1.54, 1.807) is 0 Å². The number of fused-ring (bicyclic) bond motifs is 2. The average molecular weight is 267 g/mol. The third kappa shape index (κ3) is 2.16. The highest BCUT2D eigenvalue weighted by Crippen LogP contribution is 2.29. The smallest absolute Gasteiger partial charge is 0.132 e. The van der Waals surface area contributed by atoms with Crippen LogP contribution >= 0.6 is 0 Å². The molecule has 104 valence electrons. The molecule has 4 rings (SSSR count). The van der Waals surface area contributed by atoms with Crippen LogP contribution in [0.2, 0.25) is 0 Å². The molecule has 0 bridgehead atoms. The Balaban J connectivity index is 1.69. The molecular weight excluding hydrogens is 246 g/mol. The molecule has 1 saturated heterocycles. The van der Waals surface area contributed by atoms with Crippen LogP contribution in [-0.4, -0.2) is 31.2 Å². The molecule has 0 saturated carbocycles. The van der Waals surface area contributed by atoms with Gasteiger partial charge in [-0.15, -0.1) is 0 Å². The Labute approximate surface area is 120 Å². The number of para-hydroxylation sites is 1. The molecule has 1 fully saturated rings. The molecule has 1 aromatic carbocycles. The van der Waals surface area contributed by atoms with E-state index in [0.29, 0.717) is 0 Å². The summed E-state index contributed by atoms with van der Waals surface area (Å²) in [7, 11) is 0. The number of hydrogen-bond donors (Lipinski definition) is 1. The van der Waals surface area contributed by atoms with Crippen molar-refractivity contribution in [2.75, 3.05) is 31.1 Å². The Kier molecular flexibility index (Phi) is 3.07. The van der Waals surface area contributed by atoms with Gasteiger partial charge in [-0.05, 0) is 56.0 Å². The molecule has 2 aliphatic rings. The first-order valence-corrected chi connectivity index (χ1v) is 7.74. The van der Waals surface area contributed by atoms with Gasteiger partial charge in [0.25, 0.3) is 0 Å². The molecule has 3 heteroatoms. The fourth-order valence-corrected chi connectivity index (χ4v) is 3.53. The van der Waals surface area contributed by atoms with Crippen LogP contribution in [-0.2, 0) is 6.42 Å². The molecule has 0 amide bonds. The van der Waals surface area contributed by atoms with E-state index in [1.165, 1.54) is 49.1 Å². The van der Waals surface area contributed by atoms with Gasteiger partial charge >= 0.3 is 0 Å². The minimum absolute atomic E-state index is 0.786. The largest absolute Gasteiger partial charge is 0.356 e. The minimum Gasteiger partial charge on any atom is -0.356 e. The summed E-state index contributed by atoms with van der Waals surface area (Å²) in [6, 6.07) is 10.8. The van der Waals surface area contributed by atoms with Crippen molar-refractivity contribution in [1.82, 2.24) is 10.3 Å². The number of aromatic nitrogens is 1. The number of rotatable bonds is 2. The molecule has 0 aliphatic carbocycles. The first-order chi connectivity index (χ1) is 9.90. The van der Waals surface area contributed by atoms with Crippen molar-refractivity contribution < 1.29 is 0 Å². The highest BCUT2D eigenvalue weighted by Gasteiger charge is 2.23. The van der Waals surface area contributed by atoms with E-state index in [-0.39, 0.29) is 0 Å². The predicted molar refractivity (Wildman–Crippen MR) is 83.3 cm³/mol. The lowest BCUT2D eigenvalue weighted by Gasteiger charge is -2.32. The van der Waals surface area contributed by atoms with Crippen LogP contribution in [0.15, 0.2) is 30.3 Å². The van der Waals surface area contributed by atoms with E-state index >= 15 is 0 Å². The van der Waals surface area contributed by atoms with E-state index in [2.05, 4.69) is 40.5 Å². The molecule has 20 heavy (non-hydrogen) atoms. The zero-order valence-corrected chi connectivity index (χ0v) is 11.8. The maximum Gasteiger partial charge on any atom is 0.132 e. The van der Waals surface area contributed by atoms with E-state index in [4.69, 9.17) is 4.98 Å². The Morgan fingerprint density at radius 1 is 1.30 bits per heavy atom. The normalized spacial score (nSPS) is 22.2. The molecule has 1 unspecified atom stereocenters. The number of nitrogens with one attached hydrogen (secondary N) is 1. The SMILES string of the molecule is c1ccc2nc3c(cc2c1)CCCN3CC1CCNC1. The zero-order valence-electron chi connectivity index (χ0n) is 11.8. The molecule has 1 atom stereocenters. The Morgan fingerprint density at radius 2 is 2.25 bits per heavy atom. The van der Waals surface area contributed by atoms with E-state index in [1.807, 2.05) is 0 Å². The summed E-state index contributed by atoms with van der Waals surface area (Å²) in [6.07, 6.45) is 3.74. The van der Waals surface area contributed by atoms with Gasteiger partial charge in [0, 0.05) is 18.5 Å². The zero-order chi connectivity index (χ0) is 13.4. The lowest BCUT2D eigenvalue weighted by atomic mass is 10.0. The maximum atomic E-state index is 4.94. The molecule has 2 aromatic rings. The van der Waals surface area contributed by atoms with Crippen molar-refractivity contribution in [3.8, 4) is 0 Å². The summed E-state index contributed by atoms with van der Waals surface area (Å²) in [5, 5.41) is 4.74. The molecule has 0 spiro atoms. The van der Waals surface area contributed by atoms with Crippen LogP contribution < -0.4 is 10.2 Å². The second kappa shape index (κ2) is 5.06. The van der Waals surface area contributed by atoms with Crippen molar-refractivity contribution in [3.63, 3.8) is 0 Å². The summed E-state index contributed by atoms with van der Waals surface area (Å²) >= 11 is 0. The fraction of sp³-hybridized carbons (Fsp3) is 0.471. The quantitative estimate of drug-likeness (QED) is 0.906. The van der Waals surface area contributed by atoms with Crippen molar-refractivity contribution >= 4 is 16.7 Å². The first-order valence-electron chi connectivity index (χ1n) is 7.74. The van der Waals surface area contributed by atoms with Crippen molar-refractivity contribution in [2.45, 2.75) is 19.3 Å². The first kappa shape index (κ1) is 12.2. The molecule has 1 aromatic heterocycles. The Hall–Kier alpha value is -1.61. The van der Waals surface area contributed by atoms with Gasteiger partial charge in [0.05, 0.1) is 5.52 Å². The number of pyridine rings is 1. The number of nitrogens with zero attached hydrogens (tertiary/aromatic N) is 2. The Morgan fingerprint density at radius 3 is 3.15 bits per heavy atom. The fourth-order valence-electron chi connectivity index (χ4n) is 3.53. The third-order valence-electron chi connectivity index (χ3n) is 4.59. The standard InChI is InChI=1S/C17H21N3/c1-2-6-16-14(4-1)10-15-5-3-9-20(17(15)19-16)12-13-7-8-18-11-13/h1-2,4,6,10,13,18H,3,5,7-9,11-12H2. The van der Waals surface area contributed by atoms with Crippen LogP contribution in [0.25, 0.3) is 10.9 Å². The summed E-state index contributed by atoms with van der Waals surface area (Å²) in [5.41, 5.74) is 2.56. The topological polar surface area (TPSA) is 28.2 Å². The maximum absolute atomic E-state index is 4.94. The lowest BCUT2D eigenvalue weighted by molar-refractivity contribution is 0.540. The van der Waals surface area contributed by atoms with Gasteiger partial charge in [-0.2, -0.15) is 0 Å². The van der Waals surface area contributed by atoms with Crippen LogP contribution in [0.1, 0.15) is 18.4 Å². The van der Waals surface area contributed by atoms with Gasteiger partial charge in [0.2, 0.25) is 0 Å². The summed E-state index contributed by atoms with van der Waals surface area (Å²) in [5.74, 6) is 2.02. The van der Waals surface area contributed by atoms with Gasteiger partial charge in [-0.1, -0.05) is 18.2 Å². The number of hydrogen-bond acceptors (Lipinski definition) is 3. The third-order valence-corrected chi connectivity index (χ3v) is 4.59. The lowest BCUT2D eigenvalue weighted by Crippen LogP contribution is -2.35. The van der Waals surface area contributed by atoms with Crippen molar-refractivity contribution in [3.05, 3.63) is 35.9 Å². The molecule has 0 radical (unpaired) electrons. The second-order valence-electron chi connectivity index (χ2n) is 6.07. The highest BCUT2D eigenvalue weighted by atomic mass is 15.2. The van der Waals surface area contributed by atoms with Crippen molar-refractivity contribution in [1.29, 1.82) is 0 Å². The minimum atomic E-state index is 0.786. The van der Waals surface area contributed by atoms with Crippen LogP contribution in [0, 0.1) is 5.92 Å².